The summed E-state index contributed by atoms with van der Waals surface area (Å²) in [5, 5.41) is 2.77. The van der Waals surface area contributed by atoms with Gasteiger partial charge in [-0.2, -0.15) is 16.1 Å². The molecule has 0 atom stereocenters. The normalized spacial score (nSPS) is 14.9. The van der Waals surface area contributed by atoms with Crippen LogP contribution in [0, 0.1) is 6.92 Å². The van der Waals surface area contributed by atoms with Crippen LogP contribution in [0.4, 0.5) is 5.69 Å². The van der Waals surface area contributed by atoms with E-state index in [9.17, 15) is 21.6 Å². The molecule has 1 N–H and O–H groups in total. The van der Waals surface area contributed by atoms with Gasteiger partial charge in [-0.3, -0.25) is 9.10 Å². The molecule has 2 aromatic carbocycles. The van der Waals surface area contributed by atoms with E-state index in [2.05, 4.69) is 30.4 Å². The van der Waals surface area contributed by atoms with Gasteiger partial charge in [0.05, 0.1) is 30.1 Å². The maximum atomic E-state index is 12.8. The van der Waals surface area contributed by atoms with Crippen LogP contribution in [0.2, 0.25) is 0 Å². The van der Waals surface area contributed by atoms with Crippen molar-refractivity contribution in [2.45, 2.75) is 24.0 Å². The van der Waals surface area contributed by atoms with Crippen molar-refractivity contribution in [1.29, 1.82) is 0 Å². The lowest BCUT2D eigenvalue weighted by Gasteiger charge is -2.26. The lowest BCUT2D eigenvalue weighted by molar-refractivity contribution is -0.119. The molecule has 0 radical (unpaired) electrons. The van der Waals surface area contributed by atoms with Crippen molar-refractivity contribution >= 4 is 43.4 Å². The van der Waals surface area contributed by atoms with Crippen LogP contribution in [-0.2, 0) is 35.3 Å². The summed E-state index contributed by atoms with van der Waals surface area (Å²) in [6, 6.07) is 13.9. The summed E-state index contributed by atoms with van der Waals surface area (Å²) in [5.74, 6) is 1.34. The first-order valence-corrected chi connectivity index (χ1v) is 16.1. The standard InChI is InChI=1S/C24H33N3O6S3/c1-20-5-3-6-21(17-20)19-34-16-4-11-25-24(28)18-27(35(2,29)30)22-7-9-23(10-8-22)36(31,32)26-12-14-33-15-13-26/h3,5-10,17H,4,11-16,18-19H2,1-2H3,(H,25,28). The molecule has 198 valence electrons. The van der Waals surface area contributed by atoms with E-state index < -0.39 is 26.0 Å². The van der Waals surface area contributed by atoms with E-state index in [1.54, 1.807) is 11.8 Å². The third-order valence-electron chi connectivity index (χ3n) is 5.56. The topological polar surface area (TPSA) is 113 Å². The van der Waals surface area contributed by atoms with Crippen LogP contribution >= 0.6 is 11.8 Å². The number of carbonyl (C=O) groups excluding carboxylic acids is 1. The minimum atomic E-state index is -3.76. The fraction of sp³-hybridized carbons (Fsp3) is 0.458. The Kier molecular flexibility index (Phi) is 10.2. The molecule has 1 aliphatic heterocycles. The van der Waals surface area contributed by atoms with Gasteiger partial charge in [-0.05, 0) is 48.9 Å². The first-order chi connectivity index (χ1) is 17.1. The smallest absolute Gasteiger partial charge is 0.243 e. The Labute approximate surface area is 218 Å². The van der Waals surface area contributed by atoms with E-state index >= 15 is 0 Å². The van der Waals surface area contributed by atoms with Gasteiger partial charge in [-0.25, -0.2) is 16.8 Å². The van der Waals surface area contributed by atoms with E-state index in [1.807, 2.05) is 6.07 Å². The molecule has 0 saturated carbocycles. The van der Waals surface area contributed by atoms with Crippen LogP contribution in [-0.4, -0.2) is 78.4 Å². The van der Waals surface area contributed by atoms with Gasteiger partial charge in [-0.15, -0.1) is 0 Å². The molecule has 0 aliphatic carbocycles. The van der Waals surface area contributed by atoms with Gasteiger partial charge in [0.15, 0.2) is 0 Å². The van der Waals surface area contributed by atoms with Crippen molar-refractivity contribution in [3.8, 4) is 0 Å². The molecule has 1 saturated heterocycles. The number of hydrogen-bond donors (Lipinski definition) is 1. The number of benzene rings is 2. The van der Waals surface area contributed by atoms with E-state index in [-0.39, 0.29) is 30.2 Å². The van der Waals surface area contributed by atoms with Crippen molar-refractivity contribution in [3.05, 3.63) is 59.7 Å². The number of aryl methyl sites for hydroxylation is 1. The zero-order valence-electron chi connectivity index (χ0n) is 20.6. The monoisotopic (exact) mass is 555 g/mol. The summed E-state index contributed by atoms with van der Waals surface area (Å²) < 4.78 is 57.9. The highest BCUT2D eigenvalue weighted by Crippen LogP contribution is 2.23. The summed E-state index contributed by atoms with van der Waals surface area (Å²) in [7, 11) is -7.46. The second-order valence-corrected chi connectivity index (χ2v) is 13.5. The largest absolute Gasteiger partial charge is 0.379 e. The minimum Gasteiger partial charge on any atom is -0.379 e. The maximum absolute atomic E-state index is 12.8. The van der Waals surface area contributed by atoms with E-state index in [4.69, 9.17) is 4.74 Å². The molecule has 0 bridgehead atoms. The quantitative estimate of drug-likeness (QED) is 0.400. The van der Waals surface area contributed by atoms with Crippen molar-refractivity contribution in [1.82, 2.24) is 9.62 Å². The van der Waals surface area contributed by atoms with Crippen LogP contribution in [0.15, 0.2) is 53.4 Å². The van der Waals surface area contributed by atoms with Gasteiger partial charge >= 0.3 is 0 Å². The second-order valence-electron chi connectivity index (χ2n) is 8.53. The number of thioether (sulfide) groups is 1. The Hall–Kier alpha value is -2.12. The summed E-state index contributed by atoms with van der Waals surface area (Å²) in [4.78, 5) is 12.5. The van der Waals surface area contributed by atoms with Crippen LogP contribution in [0.1, 0.15) is 17.5 Å². The van der Waals surface area contributed by atoms with Gasteiger partial charge in [0, 0.05) is 25.4 Å². The third-order valence-corrected chi connectivity index (χ3v) is 9.73. The predicted molar refractivity (Wildman–Crippen MR) is 143 cm³/mol. The number of morpholine rings is 1. The van der Waals surface area contributed by atoms with Gasteiger partial charge in [0.2, 0.25) is 26.0 Å². The highest BCUT2D eigenvalue weighted by Gasteiger charge is 2.27. The lowest BCUT2D eigenvalue weighted by Crippen LogP contribution is -2.41. The number of hydrogen-bond acceptors (Lipinski definition) is 7. The number of anilines is 1. The number of amides is 1. The molecule has 1 aliphatic rings. The number of carbonyl (C=O) groups is 1. The molecule has 0 aromatic heterocycles. The Morgan fingerprint density at radius 1 is 1.08 bits per heavy atom. The minimum absolute atomic E-state index is 0.0641. The number of ether oxygens (including phenoxy) is 1. The Bertz CT molecular complexity index is 1230. The molecule has 1 heterocycles. The highest BCUT2D eigenvalue weighted by atomic mass is 32.2. The summed E-state index contributed by atoms with van der Waals surface area (Å²) in [5.41, 5.74) is 2.71. The van der Waals surface area contributed by atoms with E-state index in [0.717, 1.165) is 28.5 Å². The lowest BCUT2D eigenvalue weighted by atomic mass is 10.2. The Balaban J connectivity index is 1.51. The van der Waals surface area contributed by atoms with Gasteiger partial charge < -0.3 is 10.1 Å². The molecule has 12 heteroatoms. The summed E-state index contributed by atoms with van der Waals surface area (Å²) in [6.45, 7) is 3.32. The molecule has 1 fully saturated rings. The average Bonchev–Trinajstić information content (AvgIpc) is 2.84. The van der Waals surface area contributed by atoms with Gasteiger partial charge in [0.25, 0.3) is 0 Å². The van der Waals surface area contributed by atoms with Crippen molar-refractivity contribution in [3.63, 3.8) is 0 Å². The molecule has 0 spiro atoms. The average molecular weight is 556 g/mol. The number of nitrogens with one attached hydrogen (secondary N) is 1. The predicted octanol–water partition coefficient (Wildman–Crippen LogP) is 2.22. The maximum Gasteiger partial charge on any atom is 0.243 e. The molecule has 1 amide bonds. The number of sulfonamides is 2. The zero-order valence-corrected chi connectivity index (χ0v) is 23.0. The molecular formula is C24H33N3O6S3. The molecule has 9 nitrogen and oxygen atoms in total. The Morgan fingerprint density at radius 3 is 2.42 bits per heavy atom. The molecule has 2 aromatic rings. The van der Waals surface area contributed by atoms with Gasteiger partial charge in [0.1, 0.15) is 6.54 Å². The first-order valence-electron chi connectivity index (χ1n) is 11.6. The van der Waals surface area contributed by atoms with Crippen LogP contribution < -0.4 is 9.62 Å². The fourth-order valence-corrected chi connectivity index (χ4v) is 6.87. The highest BCUT2D eigenvalue weighted by molar-refractivity contribution is 7.98. The van der Waals surface area contributed by atoms with Crippen molar-refractivity contribution in [2.24, 2.45) is 0 Å². The first kappa shape index (κ1) is 28.5. The van der Waals surface area contributed by atoms with Crippen molar-refractivity contribution in [2.75, 3.05) is 55.7 Å². The van der Waals surface area contributed by atoms with E-state index in [1.165, 1.54) is 39.7 Å². The van der Waals surface area contributed by atoms with Crippen LogP contribution in [0.3, 0.4) is 0 Å². The fourth-order valence-electron chi connectivity index (χ4n) is 3.70. The van der Waals surface area contributed by atoms with E-state index in [0.29, 0.717) is 19.8 Å². The number of rotatable bonds is 12. The summed E-state index contributed by atoms with van der Waals surface area (Å²) in [6.07, 6.45) is 1.77. The number of nitrogens with zero attached hydrogens (tertiary/aromatic N) is 2. The second kappa shape index (κ2) is 12.9. The SMILES string of the molecule is Cc1cccc(CSCCCNC(=O)CN(c2ccc(S(=O)(=O)N3CCOCC3)cc2)S(C)(=O)=O)c1. The molecule has 3 rings (SSSR count). The Morgan fingerprint density at radius 2 is 1.78 bits per heavy atom. The van der Waals surface area contributed by atoms with Gasteiger partial charge in [-0.1, -0.05) is 29.8 Å². The third kappa shape index (κ3) is 8.20. The zero-order chi connectivity index (χ0) is 26.2. The van der Waals surface area contributed by atoms with Crippen molar-refractivity contribution < 1.29 is 26.4 Å². The molecule has 0 unspecified atom stereocenters. The molecule has 36 heavy (non-hydrogen) atoms. The van der Waals surface area contributed by atoms with Crippen LogP contribution in [0.5, 0.6) is 0 Å². The summed E-state index contributed by atoms with van der Waals surface area (Å²) >= 11 is 1.78. The van der Waals surface area contributed by atoms with Crippen LogP contribution in [0.25, 0.3) is 0 Å². The molecular weight excluding hydrogens is 522 g/mol.